The molecule has 3 heteroatoms. The van der Waals surface area contributed by atoms with Crippen LogP contribution in [0.3, 0.4) is 0 Å². The Kier molecular flexibility index (Phi) is 4.26. The summed E-state index contributed by atoms with van der Waals surface area (Å²) in [7, 11) is 3.30. The van der Waals surface area contributed by atoms with Crippen molar-refractivity contribution in [1.29, 1.82) is 0 Å². The van der Waals surface area contributed by atoms with Crippen LogP contribution >= 0.6 is 0 Å². The second-order valence-electron chi connectivity index (χ2n) is 3.05. The average molecular weight is 195 g/mol. The molecule has 0 heterocycles. The summed E-state index contributed by atoms with van der Waals surface area (Å²) in [4.78, 5) is 0. The number of ether oxygens (including phenoxy) is 2. The van der Waals surface area contributed by atoms with Gasteiger partial charge < -0.3 is 15.2 Å². The van der Waals surface area contributed by atoms with Crippen molar-refractivity contribution in [3.05, 3.63) is 35.3 Å². The van der Waals surface area contributed by atoms with Gasteiger partial charge in [-0.2, -0.15) is 0 Å². The van der Waals surface area contributed by atoms with Crippen LogP contribution in [0.1, 0.15) is 12.8 Å². The van der Waals surface area contributed by atoms with E-state index < -0.39 is 0 Å². The van der Waals surface area contributed by atoms with Crippen molar-refractivity contribution in [2.75, 3.05) is 20.8 Å². The van der Waals surface area contributed by atoms with E-state index in [9.17, 15) is 0 Å². The molecule has 1 rings (SSSR count). The summed E-state index contributed by atoms with van der Waals surface area (Å²) < 4.78 is 10.4. The number of rotatable bonds is 4. The normalized spacial score (nSPS) is 16.4. The standard InChI is InChI=1S/C11H17NO2/c1-13-10-5-3-9(7-8-12)4-6-11(10)14-2/h3-5H,6-8,12H2,1-2H3. The van der Waals surface area contributed by atoms with Crippen LogP contribution in [-0.4, -0.2) is 20.8 Å². The first-order chi connectivity index (χ1) is 6.81. The Hall–Kier alpha value is -1.22. The molecule has 0 spiro atoms. The largest absolute Gasteiger partial charge is 0.497 e. The lowest BCUT2D eigenvalue weighted by Crippen LogP contribution is -1.98. The molecule has 1 aliphatic carbocycles. The average Bonchev–Trinajstić information content (AvgIpc) is 2.40. The monoisotopic (exact) mass is 195 g/mol. The molecule has 0 aromatic heterocycles. The Morgan fingerprint density at radius 1 is 1.29 bits per heavy atom. The van der Waals surface area contributed by atoms with Crippen LogP contribution in [0.5, 0.6) is 0 Å². The van der Waals surface area contributed by atoms with E-state index >= 15 is 0 Å². The maximum absolute atomic E-state index is 5.49. The maximum Gasteiger partial charge on any atom is 0.156 e. The number of hydrogen-bond acceptors (Lipinski definition) is 3. The predicted molar refractivity (Wildman–Crippen MR) is 56.6 cm³/mol. The van der Waals surface area contributed by atoms with Gasteiger partial charge in [-0.3, -0.25) is 0 Å². The van der Waals surface area contributed by atoms with E-state index in [2.05, 4.69) is 6.08 Å². The lowest BCUT2D eigenvalue weighted by molar-refractivity contribution is 0.227. The first-order valence-electron chi connectivity index (χ1n) is 4.70. The quantitative estimate of drug-likeness (QED) is 0.743. The summed E-state index contributed by atoms with van der Waals surface area (Å²) in [5.74, 6) is 1.64. The van der Waals surface area contributed by atoms with Gasteiger partial charge in [0.25, 0.3) is 0 Å². The van der Waals surface area contributed by atoms with Crippen molar-refractivity contribution in [1.82, 2.24) is 0 Å². The van der Waals surface area contributed by atoms with Crippen LogP contribution in [0, 0.1) is 0 Å². The van der Waals surface area contributed by atoms with E-state index in [-0.39, 0.29) is 0 Å². The van der Waals surface area contributed by atoms with E-state index in [4.69, 9.17) is 15.2 Å². The Morgan fingerprint density at radius 2 is 2.07 bits per heavy atom. The first-order valence-corrected chi connectivity index (χ1v) is 4.70. The summed E-state index contributed by atoms with van der Waals surface area (Å²) in [6.07, 6.45) is 7.73. The smallest absolute Gasteiger partial charge is 0.156 e. The number of allylic oxidation sites excluding steroid dienone is 3. The highest BCUT2D eigenvalue weighted by Crippen LogP contribution is 2.19. The third-order valence-electron chi connectivity index (χ3n) is 2.17. The van der Waals surface area contributed by atoms with E-state index in [0.29, 0.717) is 6.54 Å². The molecular weight excluding hydrogens is 178 g/mol. The van der Waals surface area contributed by atoms with Gasteiger partial charge in [0.05, 0.1) is 14.2 Å². The highest BCUT2D eigenvalue weighted by molar-refractivity contribution is 5.31. The van der Waals surface area contributed by atoms with Gasteiger partial charge in [0.2, 0.25) is 0 Å². The van der Waals surface area contributed by atoms with Gasteiger partial charge >= 0.3 is 0 Å². The molecule has 1 aliphatic rings. The summed E-state index contributed by atoms with van der Waals surface area (Å²) in [5, 5.41) is 0. The molecule has 78 valence electrons. The van der Waals surface area contributed by atoms with E-state index in [1.165, 1.54) is 5.57 Å². The minimum Gasteiger partial charge on any atom is -0.497 e. The fourth-order valence-electron chi connectivity index (χ4n) is 1.39. The first kappa shape index (κ1) is 10.9. The Labute approximate surface area is 84.9 Å². The van der Waals surface area contributed by atoms with Crippen molar-refractivity contribution in [2.45, 2.75) is 12.8 Å². The van der Waals surface area contributed by atoms with Crippen molar-refractivity contribution in [3.63, 3.8) is 0 Å². The maximum atomic E-state index is 5.49. The van der Waals surface area contributed by atoms with Gasteiger partial charge in [-0.15, -0.1) is 0 Å². The second-order valence-corrected chi connectivity index (χ2v) is 3.05. The van der Waals surface area contributed by atoms with Crippen LogP contribution in [0.4, 0.5) is 0 Å². The number of hydrogen-bond donors (Lipinski definition) is 1. The molecule has 0 saturated heterocycles. The molecule has 14 heavy (non-hydrogen) atoms. The van der Waals surface area contributed by atoms with Gasteiger partial charge in [-0.05, 0) is 19.0 Å². The predicted octanol–water partition coefficient (Wildman–Crippen LogP) is 1.73. The van der Waals surface area contributed by atoms with Crippen molar-refractivity contribution < 1.29 is 9.47 Å². The zero-order chi connectivity index (χ0) is 10.4. The fourth-order valence-corrected chi connectivity index (χ4v) is 1.39. The van der Waals surface area contributed by atoms with Gasteiger partial charge in [0.1, 0.15) is 5.76 Å². The van der Waals surface area contributed by atoms with Gasteiger partial charge in [-0.25, -0.2) is 0 Å². The fraction of sp³-hybridized carbons (Fsp3) is 0.455. The number of methoxy groups -OCH3 is 2. The van der Waals surface area contributed by atoms with Crippen molar-refractivity contribution in [2.24, 2.45) is 5.73 Å². The Morgan fingerprint density at radius 3 is 2.64 bits per heavy atom. The molecular formula is C11H17NO2. The van der Waals surface area contributed by atoms with Crippen LogP contribution in [0.2, 0.25) is 0 Å². The zero-order valence-corrected chi connectivity index (χ0v) is 8.75. The van der Waals surface area contributed by atoms with Crippen molar-refractivity contribution >= 4 is 0 Å². The molecule has 0 aliphatic heterocycles. The highest BCUT2D eigenvalue weighted by Gasteiger charge is 2.07. The summed E-state index contributed by atoms with van der Waals surface area (Å²) in [5.41, 5.74) is 6.72. The molecule has 0 unspecified atom stereocenters. The molecule has 2 N–H and O–H groups in total. The highest BCUT2D eigenvalue weighted by atomic mass is 16.5. The third kappa shape index (κ3) is 2.64. The minimum atomic E-state index is 0.667. The lowest BCUT2D eigenvalue weighted by atomic mass is 10.1. The molecule has 0 fully saturated rings. The van der Waals surface area contributed by atoms with Crippen molar-refractivity contribution in [3.8, 4) is 0 Å². The Balaban J connectivity index is 2.78. The molecule has 0 radical (unpaired) electrons. The van der Waals surface area contributed by atoms with E-state index in [1.807, 2.05) is 12.2 Å². The molecule has 0 bridgehead atoms. The van der Waals surface area contributed by atoms with Crippen LogP contribution in [-0.2, 0) is 9.47 Å². The SMILES string of the molecule is COC1=C(OC)CC=C(CCN)C=C1. The third-order valence-corrected chi connectivity index (χ3v) is 2.17. The zero-order valence-electron chi connectivity index (χ0n) is 8.75. The van der Waals surface area contributed by atoms with Crippen LogP contribution < -0.4 is 5.73 Å². The molecule has 0 saturated carbocycles. The van der Waals surface area contributed by atoms with Gasteiger partial charge in [0, 0.05) is 6.42 Å². The van der Waals surface area contributed by atoms with Crippen LogP contribution in [0.15, 0.2) is 35.3 Å². The second kappa shape index (κ2) is 5.50. The molecule has 0 amide bonds. The van der Waals surface area contributed by atoms with E-state index in [0.717, 1.165) is 24.4 Å². The molecule has 3 nitrogen and oxygen atoms in total. The van der Waals surface area contributed by atoms with Gasteiger partial charge in [-0.1, -0.05) is 17.7 Å². The molecule has 0 aromatic carbocycles. The van der Waals surface area contributed by atoms with E-state index in [1.54, 1.807) is 14.2 Å². The summed E-state index contributed by atoms with van der Waals surface area (Å²) >= 11 is 0. The van der Waals surface area contributed by atoms with Gasteiger partial charge in [0.15, 0.2) is 5.76 Å². The topological polar surface area (TPSA) is 44.5 Å². The summed E-state index contributed by atoms with van der Waals surface area (Å²) in [6, 6.07) is 0. The van der Waals surface area contributed by atoms with Crippen LogP contribution in [0.25, 0.3) is 0 Å². The molecule has 0 aromatic rings. The number of nitrogens with two attached hydrogens (primary N) is 1. The lowest BCUT2D eigenvalue weighted by Gasteiger charge is -2.06. The minimum absolute atomic E-state index is 0.667. The summed E-state index contributed by atoms with van der Waals surface area (Å²) in [6.45, 7) is 0.667. The molecule has 0 atom stereocenters. The Bertz CT molecular complexity index is 277.